The molecule has 0 bridgehead atoms. The molecule has 2 aliphatic heterocycles. The number of H-pyrrole nitrogens is 1. The van der Waals surface area contributed by atoms with Crippen LogP contribution in [0.5, 0.6) is 5.75 Å². The highest BCUT2D eigenvalue weighted by atomic mass is 16.3. The number of rotatable bonds is 3. The molecule has 6 heteroatoms. The zero-order valence-electron chi connectivity index (χ0n) is 15.2. The monoisotopic (exact) mass is 354 g/mol. The standard InChI is InChI=1S/C20H26N4O2/c1-14-6-10-24(11-7-14)20-21-17-13-23(9-8-16(17)19(26)22-20)12-15-4-2-3-5-18(15)25/h2-5,14,25H,6-13H2,1H3,(H,21,22,26). The number of piperidine rings is 1. The molecule has 1 aromatic heterocycles. The summed E-state index contributed by atoms with van der Waals surface area (Å²) in [6.07, 6.45) is 2.98. The van der Waals surface area contributed by atoms with Crippen molar-refractivity contribution in [3.05, 3.63) is 51.4 Å². The molecule has 1 fully saturated rings. The van der Waals surface area contributed by atoms with E-state index < -0.39 is 0 Å². The Morgan fingerprint density at radius 2 is 2.00 bits per heavy atom. The maximum atomic E-state index is 12.5. The molecular weight excluding hydrogens is 328 g/mol. The van der Waals surface area contributed by atoms with Gasteiger partial charge in [-0.3, -0.25) is 14.7 Å². The third kappa shape index (κ3) is 3.46. The quantitative estimate of drug-likeness (QED) is 0.885. The molecule has 2 aliphatic rings. The molecule has 0 unspecified atom stereocenters. The number of anilines is 1. The Bertz CT molecular complexity index is 840. The van der Waals surface area contributed by atoms with Crippen molar-refractivity contribution in [2.75, 3.05) is 24.5 Å². The predicted octanol–water partition coefficient (Wildman–Crippen LogP) is 2.27. The van der Waals surface area contributed by atoms with Crippen LogP contribution in [0, 0.1) is 5.92 Å². The van der Waals surface area contributed by atoms with Gasteiger partial charge >= 0.3 is 0 Å². The third-order valence-electron chi connectivity index (χ3n) is 5.61. The molecule has 1 aromatic carbocycles. The van der Waals surface area contributed by atoms with Crippen molar-refractivity contribution in [3.8, 4) is 5.75 Å². The van der Waals surface area contributed by atoms with Gasteiger partial charge in [0, 0.05) is 43.9 Å². The normalized spacial score (nSPS) is 18.7. The van der Waals surface area contributed by atoms with E-state index in [0.29, 0.717) is 31.2 Å². The lowest BCUT2D eigenvalue weighted by atomic mass is 9.99. The number of aromatic amines is 1. The summed E-state index contributed by atoms with van der Waals surface area (Å²) in [6.45, 7) is 6.28. The van der Waals surface area contributed by atoms with E-state index in [1.54, 1.807) is 6.07 Å². The van der Waals surface area contributed by atoms with Crippen molar-refractivity contribution in [2.45, 2.75) is 39.3 Å². The van der Waals surface area contributed by atoms with Gasteiger partial charge in [-0.25, -0.2) is 4.98 Å². The summed E-state index contributed by atoms with van der Waals surface area (Å²) in [7, 11) is 0. The minimum Gasteiger partial charge on any atom is -0.508 e. The summed E-state index contributed by atoms with van der Waals surface area (Å²) < 4.78 is 0. The second kappa shape index (κ2) is 7.11. The first-order valence-electron chi connectivity index (χ1n) is 9.46. The second-order valence-electron chi connectivity index (χ2n) is 7.57. The van der Waals surface area contributed by atoms with Gasteiger partial charge in [-0.05, 0) is 31.2 Å². The first kappa shape index (κ1) is 17.1. The van der Waals surface area contributed by atoms with Crippen molar-refractivity contribution in [1.29, 1.82) is 0 Å². The average molecular weight is 354 g/mol. The number of fused-ring (bicyclic) bond motifs is 1. The molecular formula is C20H26N4O2. The van der Waals surface area contributed by atoms with Gasteiger partial charge in [-0.15, -0.1) is 0 Å². The number of phenolic OH excluding ortho intramolecular Hbond substituents is 1. The van der Waals surface area contributed by atoms with Crippen LogP contribution in [0.4, 0.5) is 5.95 Å². The molecule has 26 heavy (non-hydrogen) atoms. The van der Waals surface area contributed by atoms with E-state index >= 15 is 0 Å². The number of para-hydroxylation sites is 1. The van der Waals surface area contributed by atoms with Crippen LogP contribution < -0.4 is 10.5 Å². The van der Waals surface area contributed by atoms with E-state index in [-0.39, 0.29) is 5.56 Å². The molecule has 0 radical (unpaired) electrons. The summed E-state index contributed by atoms with van der Waals surface area (Å²) in [6, 6.07) is 7.42. The number of aromatic hydroxyl groups is 1. The molecule has 138 valence electrons. The Labute approximate surface area is 153 Å². The highest BCUT2D eigenvalue weighted by molar-refractivity contribution is 5.35. The molecule has 3 heterocycles. The number of hydrogen-bond acceptors (Lipinski definition) is 5. The molecule has 6 nitrogen and oxygen atoms in total. The zero-order chi connectivity index (χ0) is 18.1. The van der Waals surface area contributed by atoms with Gasteiger partial charge in [-0.1, -0.05) is 25.1 Å². The van der Waals surface area contributed by atoms with Gasteiger partial charge in [0.05, 0.1) is 5.69 Å². The van der Waals surface area contributed by atoms with Crippen LogP contribution in [0.1, 0.15) is 36.6 Å². The molecule has 2 aromatic rings. The Morgan fingerprint density at radius 3 is 2.77 bits per heavy atom. The lowest BCUT2D eigenvalue weighted by Gasteiger charge is -2.32. The van der Waals surface area contributed by atoms with E-state index in [1.165, 1.54) is 0 Å². The van der Waals surface area contributed by atoms with Gasteiger partial charge in [0.2, 0.25) is 5.95 Å². The van der Waals surface area contributed by atoms with Crippen LogP contribution >= 0.6 is 0 Å². The van der Waals surface area contributed by atoms with Gasteiger partial charge in [0.15, 0.2) is 0 Å². The molecule has 0 aliphatic carbocycles. The van der Waals surface area contributed by atoms with Crippen molar-refractivity contribution in [2.24, 2.45) is 5.92 Å². The largest absolute Gasteiger partial charge is 0.508 e. The Balaban J connectivity index is 1.54. The molecule has 2 N–H and O–H groups in total. The van der Waals surface area contributed by atoms with Gasteiger partial charge in [0.1, 0.15) is 5.75 Å². The number of hydrogen-bond donors (Lipinski definition) is 2. The molecule has 0 amide bonds. The van der Waals surface area contributed by atoms with Crippen LogP contribution in [0.3, 0.4) is 0 Å². The fourth-order valence-electron chi connectivity index (χ4n) is 3.87. The minimum absolute atomic E-state index is 0.00540. The Hall–Kier alpha value is -2.34. The van der Waals surface area contributed by atoms with Crippen LogP contribution in [0.25, 0.3) is 0 Å². The van der Waals surface area contributed by atoms with E-state index in [2.05, 4.69) is 21.7 Å². The maximum Gasteiger partial charge on any atom is 0.255 e. The zero-order valence-corrected chi connectivity index (χ0v) is 15.2. The molecule has 4 rings (SSSR count). The molecule has 0 spiro atoms. The van der Waals surface area contributed by atoms with Crippen molar-refractivity contribution < 1.29 is 5.11 Å². The molecule has 1 saturated heterocycles. The minimum atomic E-state index is 0.00540. The molecule has 0 saturated carbocycles. The smallest absolute Gasteiger partial charge is 0.255 e. The van der Waals surface area contributed by atoms with Crippen molar-refractivity contribution in [3.63, 3.8) is 0 Å². The van der Waals surface area contributed by atoms with Crippen LogP contribution in [-0.4, -0.2) is 39.6 Å². The maximum absolute atomic E-state index is 12.5. The van der Waals surface area contributed by atoms with Crippen molar-refractivity contribution in [1.82, 2.24) is 14.9 Å². The fraction of sp³-hybridized carbons (Fsp3) is 0.500. The highest BCUT2D eigenvalue weighted by Gasteiger charge is 2.24. The number of aromatic nitrogens is 2. The van der Waals surface area contributed by atoms with Gasteiger partial charge in [0.25, 0.3) is 5.56 Å². The summed E-state index contributed by atoms with van der Waals surface area (Å²) in [4.78, 5) is 24.8. The number of nitrogens with one attached hydrogen (secondary N) is 1. The van der Waals surface area contributed by atoms with E-state index in [9.17, 15) is 9.90 Å². The lowest BCUT2D eigenvalue weighted by molar-refractivity contribution is 0.237. The van der Waals surface area contributed by atoms with Crippen LogP contribution in [0.15, 0.2) is 29.1 Å². The van der Waals surface area contributed by atoms with E-state index in [4.69, 9.17) is 4.98 Å². The van der Waals surface area contributed by atoms with Crippen LogP contribution in [-0.2, 0) is 19.5 Å². The summed E-state index contributed by atoms with van der Waals surface area (Å²) in [5.74, 6) is 1.77. The predicted molar refractivity (Wildman–Crippen MR) is 101 cm³/mol. The van der Waals surface area contributed by atoms with E-state index in [1.807, 2.05) is 18.2 Å². The summed E-state index contributed by atoms with van der Waals surface area (Å²) >= 11 is 0. The third-order valence-corrected chi connectivity index (χ3v) is 5.61. The number of phenols is 1. The topological polar surface area (TPSA) is 72.5 Å². The average Bonchev–Trinajstić information content (AvgIpc) is 2.64. The SMILES string of the molecule is CC1CCN(c2nc3c(c(=O)[nH]2)CCN(Cc2ccccc2O)C3)CC1. The fourth-order valence-corrected chi connectivity index (χ4v) is 3.87. The summed E-state index contributed by atoms with van der Waals surface area (Å²) in [5, 5.41) is 10.0. The number of benzene rings is 1. The first-order chi connectivity index (χ1) is 12.6. The lowest BCUT2D eigenvalue weighted by Crippen LogP contribution is -2.39. The van der Waals surface area contributed by atoms with E-state index in [0.717, 1.165) is 55.2 Å². The Morgan fingerprint density at radius 1 is 1.23 bits per heavy atom. The summed E-state index contributed by atoms with van der Waals surface area (Å²) in [5.41, 5.74) is 2.61. The molecule has 0 atom stereocenters. The first-order valence-corrected chi connectivity index (χ1v) is 9.46. The number of nitrogens with zero attached hydrogens (tertiary/aromatic N) is 3. The highest BCUT2D eigenvalue weighted by Crippen LogP contribution is 2.24. The second-order valence-corrected chi connectivity index (χ2v) is 7.57. The van der Waals surface area contributed by atoms with Crippen LogP contribution in [0.2, 0.25) is 0 Å². The van der Waals surface area contributed by atoms with Gasteiger partial charge < -0.3 is 10.0 Å². The van der Waals surface area contributed by atoms with Crippen molar-refractivity contribution >= 4 is 5.95 Å². The van der Waals surface area contributed by atoms with Gasteiger partial charge in [-0.2, -0.15) is 0 Å². The Kier molecular flexibility index (Phi) is 4.68.